The summed E-state index contributed by atoms with van der Waals surface area (Å²) in [5.74, 6) is -1.90. The van der Waals surface area contributed by atoms with Crippen molar-refractivity contribution in [3.63, 3.8) is 0 Å². The van der Waals surface area contributed by atoms with Crippen LogP contribution in [0.1, 0.15) is 44.9 Å². The average molecular weight is 366 g/mol. The molecule has 0 atom stereocenters. The van der Waals surface area contributed by atoms with Gasteiger partial charge in [-0.05, 0) is 37.3 Å². The zero-order chi connectivity index (χ0) is 19.9. The Hall–Kier alpha value is -3.81. The molecule has 0 spiro atoms. The molecule has 3 rings (SSSR count). The van der Waals surface area contributed by atoms with Gasteiger partial charge in [0.05, 0.1) is 16.0 Å². The van der Waals surface area contributed by atoms with Gasteiger partial charge >= 0.3 is 0 Å². The van der Waals surface area contributed by atoms with Crippen molar-refractivity contribution in [3.8, 4) is 5.88 Å². The van der Waals surface area contributed by atoms with E-state index in [0.29, 0.717) is 5.56 Å². The fraction of sp³-hybridized carbons (Fsp3) is 0.105. The summed E-state index contributed by atoms with van der Waals surface area (Å²) in [6, 6.07) is 9.32. The van der Waals surface area contributed by atoms with Gasteiger partial charge in [-0.2, -0.15) is 0 Å². The molecule has 1 N–H and O–H groups in total. The first-order chi connectivity index (χ1) is 12.7. The monoisotopic (exact) mass is 366 g/mol. The topological polar surface area (TPSA) is 120 Å². The molecule has 0 aliphatic carbocycles. The molecule has 1 aromatic heterocycles. The minimum Gasteiger partial charge on any atom is -0.494 e. The lowest BCUT2D eigenvalue weighted by molar-refractivity contribution is -0.384. The zero-order valence-electron chi connectivity index (χ0n) is 14.4. The number of Topliss-reactive ketones (excluding diaryl/α,β-unsaturated/α-hetero) is 1. The maximum atomic E-state index is 12.9. The molecular weight excluding hydrogens is 352 g/mol. The highest BCUT2D eigenvalue weighted by atomic mass is 16.6. The molecule has 3 aromatic rings. The first-order valence-corrected chi connectivity index (χ1v) is 7.90. The smallest absolute Gasteiger partial charge is 0.269 e. The van der Waals surface area contributed by atoms with Crippen molar-refractivity contribution in [1.29, 1.82) is 0 Å². The summed E-state index contributed by atoms with van der Waals surface area (Å²) in [5.41, 5.74) is 0.390. The third kappa shape index (κ3) is 2.97. The lowest BCUT2D eigenvalue weighted by Crippen LogP contribution is -2.06. The molecule has 8 nitrogen and oxygen atoms in total. The van der Waals surface area contributed by atoms with Crippen molar-refractivity contribution < 1.29 is 24.4 Å². The number of carbonyl (C=O) groups excluding carboxylic acids is 3. The van der Waals surface area contributed by atoms with Crippen LogP contribution in [0, 0.1) is 10.1 Å². The van der Waals surface area contributed by atoms with Crippen molar-refractivity contribution in [3.05, 3.63) is 69.3 Å². The average Bonchev–Trinajstić information content (AvgIpc) is 2.92. The second kappa shape index (κ2) is 6.49. The van der Waals surface area contributed by atoms with Gasteiger partial charge in [-0.1, -0.05) is 0 Å². The second-order valence-electron chi connectivity index (χ2n) is 5.97. The van der Waals surface area contributed by atoms with E-state index in [4.69, 9.17) is 0 Å². The molecular formula is C19H14N2O6. The number of nitro benzene ring substituents is 1. The molecule has 0 saturated carbocycles. The first kappa shape index (κ1) is 18.0. The van der Waals surface area contributed by atoms with Crippen LogP contribution in [0.4, 0.5) is 5.69 Å². The quantitative estimate of drug-likeness (QED) is 0.429. The van der Waals surface area contributed by atoms with Gasteiger partial charge in [0, 0.05) is 35.6 Å². The lowest BCUT2D eigenvalue weighted by Gasteiger charge is -2.02. The number of aromatic hydroxyl groups is 1. The molecule has 0 saturated heterocycles. The molecule has 1 heterocycles. The van der Waals surface area contributed by atoms with Gasteiger partial charge < -0.3 is 5.11 Å². The van der Waals surface area contributed by atoms with Gasteiger partial charge in [0.1, 0.15) is 0 Å². The van der Waals surface area contributed by atoms with Crippen LogP contribution in [0.3, 0.4) is 0 Å². The summed E-state index contributed by atoms with van der Waals surface area (Å²) >= 11 is 0. The van der Waals surface area contributed by atoms with Crippen LogP contribution in [0.15, 0.2) is 42.5 Å². The van der Waals surface area contributed by atoms with Crippen LogP contribution in [0.2, 0.25) is 0 Å². The highest BCUT2D eigenvalue weighted by Gasteiger charge is 2.26. The third-order valence-corrected chi connectivity index (χ3v) is 4.23. The van der Waals surface area contributed by atoms with Crippen molar-refractivity contribution in [1.82, 2.24) is 4.57 Å². The van der Waals surface area contributed by atoms with Gasteiger partial charge in [0.2, 0.25) is 11.8 Å². The Kier molecular flexibility index (Phi) is 4.32. The molecule has 0 aliphatic heterocycles. The third-order valence-electron chi connectivity index (χ3n) is 4.23. The number of fused-ring (bicyclic) bond motifs is 1. The summed E-state index contributed by atoms with van der Waals surface area (Å²) in [6.45, 7) is 2.60. The van der Waals surface area contributed by atoms with Crippen molar-refractivity contribution in [2.45, 2.75) is 13.8 Å². The number of ketones is 2. The van der Waals surface area contributed by atoms with Crippen LogP contribution in [0.5, 0.6) is 5.88 Å². The zero-order valence-corrected chi connectivity index (χ0v) is 14.4. The van der Waals surface area contributed by atoms with Crippen LogP contribution < -0.4 is 0 Å². The minimum absolute atomic E-state index is 0.103. The maximum Gasteiger partial charge on any atom is 0.269 e. The Labute approximate surface area is 152 Å². The standard InChI is InChI=1S/C19H14N2O6/c1-10(22)13-5-8-16-15(9-13)17(19(25)20(16)11(2)23)18(24)12-3-6-14(7-4-12)21(26)27/h3-9,25H,1-2H3. The number of nitro groups is 1. The Morgan fingerprint density at radius 1 is 1.00 bits per heavy atom. The van der Waals surface area contributed by atoms with Gasteiger partial charge in [-0.15, -0.1) is 0 Å². The number of aromatic nitrogens is 1. The molecule has 0 amide bonds. The summed E-state index contributed by atoms with van der Waals surface area (Å²) in [5, 5.41) is 21.5. The highest BCUT2D eigenvalue weighted by Crippen LogP contribution is 2.34. The number of hydrogen-bond donors (Lipinski definition) is 1. The Bertz CT molecular complexity index is 1130. The van der Waals surface area contributed by atoms with Crippen LogP contribution in [-0.2, 0) is 0 Å². The number of nitrogens with zero attached hydrogens (tertiary/aromatic N) is 2. The fourth-order valence-corrected chi connectivity index (χ4v) is 2.92. The number of carbonyl (C=O) groups is 3. The number of rotatable bonds is 4. The summed E-state index contributed by atoms with van der Waals surface area (Å²) < 4.78 is 0.984. The summed E-state index contributed by atoms with van der Waals surface area (Å²) in [7, 11) is 0. The van der Waals surface area contributed by atoms with E-state index in [0.717, 1.165) is 4.57 Å². The number of hydrogen-bond acceptors (Lipinski definition) is 6. The highest BCUT2D eigenvalue weighted by molar-refractivity contribution is 6.20. The van der Waals surface area contributed by atoms with Crippen molar-refractivity contribution >= 4 is 34.1 Å². The Balaban J connectivity index is 2.25. The second-order valence-corrected chi connectivity index (χ2v) is 5.97. The van der Waals surface area contributed by atoms with E-state index >= 15 is 0 Å². The van der Waals surface area contributed by atoms with E-state index in [2.05, 4.69) is 0 Å². The molecule has 27 heavy (non-hydrogen) atoms. The van der Waals surface area contributed by atoms with Crippen molar-refractivity contribution in [2.75, 3.05) is 0 Å². The molecule has 0 radical (unpaired) electrons. The molecule has 0 unspecified atom stereocenters. The Morgan fingerprint density at radius 3 is 2.11 bits per heavy atom. The van der Waals surface area contributed by atoms with Gasteiger partial charge in [-0.3, -0.25) is 29.1 Å². The van der Waals surface area contributed by atoms with E-state index in [1.807, 2.05) is 0 Å². The summed E-state index contributed by atoms with van der Waals surface area (Å²) in [6.07, 6.45) is 0. The fourth-order valence-electron chi connectivity index (χ4n) is 2.92. The predicted molar refractivity (Wildman–Crippen MR) is 96.4 cm³/mol. The van der Waals surface area contributed by atoms with Crippen LogP contribution in [0.25, 0.3) is 10.9 Å². The van der Waals surface area contributed by atoms with Crippen LogP contribution in [-0.4, -0.2) is 32.1 Å². The summed E-state index contributed by atoms with van der Waals surface area (Å²) in [4.78, 5) is 46.7. The van der Waals surface area contributed by atoms with Crippen molar-refractivity contribution in [2.24, 2.45) is 0 Å². The Morgan fingerprint density at radius 2 is 1.59 bits per heavy atom. The lowest BCUT2D eigenvalue weighted by atomic mass is 10.00. The molecule has 136 valence electrons. The van der Waals surface area contributed by atoms with Gasteiger partial charge in [0.15, 0.2) is 11.6 Å². The van der Waals surface area contributed by atoms with Gasteiger partial charge in [-0.25, -0.2) is 0 Å². The molecule has 0 fully saturated rings. The van der Waals surface area contributed by atoms with E-state index in [9.17, 15) is 29.6 Å². The molecule has 8 heteroatoms. The largest absolute Gasteiger partial charge is 0.494 e. The SMILES string of the molecule is CC(=O)c1ccc2c(c1)c(C(=O)c1ccc([N+](=O)[O-])cc1)c(O)n2C(C)=O. The van der Waals surface area contributed by atoms with Crippen LogP contribution >= 0.6 is 0 Å². The predicted octanol–water partition coefficient (Wildman–Crippen LogP) is 3.35. The minimum atomic E-state index is -0.617. The van der Waals surface area contributed by atoms with Gasteiger partial charge in [0.25, 0.3) is 5.69 Å². The van der Waals surface area contributed by atoms with E-state index < -0.39 is 22.5 Å². The maximum absolute atomic E-state index is 12.9. The number of non-ortho nitro benzene ring substituents is 1. The molecule has 0 bridgehead atoms. The van der Waals surface area contributed by atoms with E-state index in [-0.39, 0.29) is 33.5 Å². The molecule has 0 aliphatic rings. The normalized spacial score (nSPS) is 10.7. The first-order valence-electron chi connectivity index (χ1n) is 7.90. The van der Waals surface area contributed by atoms with E-state index in [1.165, 1.54) is 56.3 Å². The molecule has 2 aromatic carbocycles. The number of benzene rings is 2. The van der Waals surface area contributed by atoms with E-state index in [1.54, 1.807) is 0 Å².